The number of nitrogens with one attached hydrogen (secondary N) is 1. The second-order valence-corrected chi connectivity index (χ2v) is 4.73. The molecule has 0 amide bonds. The molecule has 94 valence electrons. The molecule has 0 radical (unpaired) electrons. The Balaban J connectivity index is 1.88. The van der Waals surface area contributed by atoms with Crippen LogP contribution in [0.3, 0.4) is 0 Å². The highest BCUT2D eigenvalue weighted by molar-refractivity contribution is 5.56. The Labute approximate surface area is 106 Å². The Bertz CT molecular complexity index is 528. The zero-order chi connectivity index (χ0) is 12.4. The van der Waals surface area contributed by atoms with Crippen molar-refractivity contribution in [2.75, 3.05) is 13.1 Å². The van der Waals surface area contributed by atoms with E-state index in [9.17, 15) is 0 Å². The monoisotopic (exact) mass is 243 g/mol. The van der Waals surface area contributed by atoms with Gasteiger partial charge in [0.05, 0.1) is 11.9 Å². The Kier molecular flexibility index (Phi) is 3.06. The number of aryl methyl sites for hydroxylation is 1. The standard InChI is InChI=1S/C13H17N5/c1-18-9-11(8-16-18)12-4-7-15-13(17-12)10-2-5-14-6-3-10/h4,7-10,14H,2-3,5-6H2,1H3. The van der Waals surface area contributed by atoms with Crippen LogP contribution < -0.4 is 5.32 Å². The van der Waals surface area contributed by atoms with Crippen LogP contribution in [0.5, 0.6) is 0 Å². The minimum atomic E-state index is 0.489. The van der Waals surface area contributed by atoms with Crippen molar-refractivity contribution in [3.8, 4) is 11.3 Å². The summed E-state index contributed by atoms with van der Waals surface area (Å²) in [5.74, 6) is 1.46. The highest BCUT2D eigenvalue weighted by atomic mass is 15.2. The molecule has 3 rings (SSSR count). The maximum atomic E-state index is 4.69. The van der Waals surface area contributed by atoms with Crippen LogP contribution in [-0.2, 0) is 7.05 Å². The van der Waals surface area contributed by atoms with Crippen molar-refractivity contribution in [1.29, 1.82) is 0 Å². The molecule has 0 bridgehead atoms. The van der Waals surface area contributed by atoms with Crippen LogP contribution in [0.25, 0.3) is 11.3 Å². The second kappa shape index (κ2) is 4.86. The summed E-state index contributed by atoms with van der Waals surface area (Å²) in [6.45, 7) is 2.12. The summed E-state index contributed by atoms with van der Waals surface area (Å²) in [7, 11) is 1.92. The SMILES string of the molecule is Cn1cc(-c2ccnc(C3CCNCC3)n2)cn1. The lowest BCUT2D eigenvalue weighted by molar-refractivity contribution is 0.445. The van der Waals surface area contributed by atoms with E-state index in [4.69, 9.17) is 0 Å². The fourth-order valence-electron chi connectivity index (χ4n) is 2.36. The van der Waals surface area contributed by atoms with Crippen LogP contribution in [0.2, 0.25) is 0 Å². The summed E-state index contributed by atoms with van der Waals surface area (Å²) < 4.78 is 1.79. The first kappa shape index (κ1) is 11.3. The van der Waals surface area contributed by atoms with E-state index in [2.05, 4.69) is 20.4 Å². The lowest BCUT2D eigenvalue weighted by Gasteiger charge is -2.21. The molecule has 18 heavy (non-hydrogen) atoms. The Morgan fingerprint density at radius 2 is 2.17 bits per heavy atom. The fraction of sp³-hybridized carbons (Fsp3) is 0.462. The normalized spacial score (nSPS) is 16.9. The smallest absolute Gasteiger partial charge is 0.132 e. The molecule has 0 aromatic carbocycles. The third-order valence-corrected chi connectivity index (χ3v) is 3.38. The second-order valence-electron chi connectivity index (χ2n) is 4.73. The van der Waals surface area contributed by atoms with Gasteiger partial charge in [-0.15, -0.1) is 0 Å². The van der Waals surface area contributed by atoms with Crippen LogP contribution in [-0.4, -0.2) is 32.8 Å². The van der Waals surface area contributed by atoms with E-state index in [1.807, 2.05) is 31.7 Å². The molecule has 1 aliphatic heterocycles. The molecule has 0 unspecified atom stereocenters. The maximum absolute atomic E-state index is 4.69. The maximum Gasteiger partial charge on any atom is 0.132 e. The first-order valence-electron chi connectivity index (χ1n) is 6.35. The molecule has 1 fully saturated rings. The van der Waals surface area contributed by atoms with Gasteiger partial charge < -0.3 is 5.32 Å². The Morgan fingerprint density at radius 1 is 1.33 bits per heavy atom. The summed E-state index contributed by atoms with van der Waals surface area (Å²) in [5.41, 5.74) is 2.02. The van der Waals surface area contributed by atoms with Crippen molar-refractivity contribution in [1.82, 2.24) is 25.1 Å². The van der Waals surface area contributed by atoms with Crippen LogP contribution in [0.4, 0.5) is 0 Å². The van der Waals surface area contributed by atoms with Crippen molar-refractivity contribution in [3.05, 3.63) is 30.5 Å². The molecule has 1 aliphatic rings. The molecule has 5 nitrogen and oxygen atoms in total. The molecular formula is C13H17N5. The van der Waals surface area contributed by atoms with E-state index in [0.29, 0.717) is 5.92 Å². The van der Waals surface area contributed by atoms with E-state index >= 15 is 0 Å². The van der Waals surface area contributed by atoms with E-state index in [1.165, 1.54) is 0 Å². The summed E-state index contributed by atoms with van der Waals surface area (Å²) in [5, 5.41) is 7.55. The van der Waals surface area contributed by atoms with E-state index in [-0.39, 0.29) is 0 Å². The van der Waals surface area contributed by atoms with E-state index < -0.39 is 0 Å². The lowest BCUT2D eigenvalue weighted by Crippen LogP contribution is -2.27. The summed E-state index contributed by atoms with van der Waals surface area (Å²) in [6, 6.07) is 1.95. The number of rotatable bonds is 2. The van der Waals surface area contributed by atoms with Crippen molar-refractivity contribution in [3.63, 3.8) is 0 Å². The molecular weight excluding hydrogens is 226 g/mol. The molecule has 2 aromatic rings. The average Bonchev–Trinajstić information content (AvgIpc) is 2.87. The van der Waals surface area contributed by atoms with Crippen LogP contribution >= 0.6 is 0 Å². The number of hydrogen-bond donors (Lipinski definition) is 1. The van der Waals surface area contributed by atoms with Gasteiger partial charge >= 0.3 is 0 Å². The molecule has 3 heterocycles. The lowest BCUT2D eigenvalue weighted by atomic mass is 9.97. The van der Waals surface area contributed by atoms with Crippen molar-refractivity contribution in [2.45, 2.75) is 18.8 Å². The van der Waals surface area contributed by atoms with Crippen molar-refractivity contribution < 1.29 is 0 Å². The summed E-state index contributed by atoms with van der Waals surface area (Å²) >= 11 is 0. The molecule has 0 spiro atoms. The first-order chi connectivity index (χ1) is 8.83. The van der Waals surface area contributed by atoms with Gasteiger partial charge in [-0.05, 0) is 32.0 Å². The van der Waals surface area contributed by atoms with Gasteiger partial charge in [0, 0.05) is 30.9 Å². The number of piperidine rings is 1. The zero-order valence-corrected chi connectivity index (χ0v) is 10.5. The van der Waals surface area contributed by atoms with E-state index in [1.54, 1.807) is 4.68 Å². The molecule has 5 heteroatoms. The number of aromatic nitrogens is 4. The van der Waals surface area contributed by atoms with Crippen LogP contribution in [0.15, 0.2) is 24.7 Å². The van der Waals surface area contributed by atoms with Gasteiger partial charge in [-0.3, -0.25) is 4.68 Å². The van der Waals surface area contributed by atoms with Gasteiger partial charge in [0.15, 0.2) is 0 Å². The number of nitrogens with zero attached hydrogens (tertiary/aromatic N) is 4. The molecule has 2 aromatic heterocycles. The van der Waals surface area contributed by atoms with Gasteiger partial charge in [-0.25, -0.2) is 9.97 Å². The third-order valence-electron chi connectivity index (χ3n) is 3.38. The minimum Gasteiger partial charge on any atom is -0.317 e. The minimum absolute atomic E-state index is 0.489. The molecule has 1 N–H and O–H groups in total. The Hall–Kier alpha value is -1.75. The predicted octanol–water partition coefficient (Wildman–Crippen LogP) is 1.34. The molecule has 0 saturated carbocycles. The van der Waals surface area contributed by atoms with Crippen molar-refractivity contribution >= 4 is 0 Å². The average molecular weight is 243 g/mol. The molecule has 1 saturated heterocycles. The van der Waals surface area contributed by atoms with Crippen molar-refractivity contribution in [2.24, 2.45) is 7.05 Å². The zero-order valence-electron chi connectivity index (χ0n) is 10.5. The number of hydrogen-bond acceptors (Lipinski definition) is 4. The highest BCUT2D eigenvalue weighted by Crippen LogP contribution is 2.24. The first-order valence-corrected chi connectivity index (χ1v) is 6.35. The predicted molar refractivity (Wildman–Crippen MR) is 69.1 cm³/mol. The molecule has 0 aliphatic carbocycles. The van der Waals surface area contributed by atoms with Gasteiger partial charge in [0.1, 0.15) is 5.82 Å². The third kappa shape index (κ3) is 2.26. The van der Waals surface area contributed by atoms with Crippen LogP contribution in [0.1, 0.15) is 24.6 Å². The topological polar surface area (TPSA) is 55.6 Å². The van der Waals surface area contributed by atoms with Gasteiger partial charge in [0.2, 0.25) is 0 Å². The summed E-state index contributed by atoms with van der Waals surface area (Å²) in [6.07, 6.45) is 7.92. The summed E-state index contributed by atoms with van der Waals surface area (Å²) in [4.78, 5) is 9.12. The van der Waals surface area contributed by atoms with E-state index in [0.717, 1.165) is 43.0 Å². The van der Waals surface area contributed by atoms with Gasteiger partial charge in [-0.2, -0.15) is 5.10 Å². The molecule has 0 atom stereocenters. The largest absolute Gasteiger partial charge is 0.317 e. The van der Waals surface area contributed by atoms with Gasteiger partial charge in [0.25, 0.3) is 0 Å². The Morgan fingerprint density at radius 3 is 2.89 bits per heavy atom. The highest BCUT2D eigenvalue weighted by Gasteiger charge is 2.18. The fourth-order valence-corrected chi connectivity index (χ4v) is 2.36. The quantitative estimate of drug-likeness (QED) is 0.865. The van der Waals surface area contributed by atoms with Gasteiger partial charge in [-0.1, -0.05) is 0 Å². The van der Waals surface area contributed by atoms with Crippen LogP contribution in [0, 0.1) is 0 Å².